The molecule has 47 heavy (non-hydrogen) atoms. The van der Waals surface area contributed by atoms with Crippen LogP contribution < -0.4 is 4.90 Å². The molecule has 0 saturated heterocycles. The van der Waals surface area contributed by atoms with Gasteiger partial charge in [0.25, 0.3) is 0 Å². The normalized spacial score (nSPS) is 14.7. The van der Waals surface area contributed by atoms with Crippen LogP contribution in [0.25, 0.3) is 44.2 Å². The molecule has 1 nitrogen and oxygen atoms in total. The molecule has 0 spiro atoms. The van der Waals surface area contributed by atoms with Crippen molar-refractivity contribution in [3.8, 4) is 33.4 Å². The van der Waals surface area contributed by atoms with Crippen LogP contribution >= 0.6 is 0 Å². The molecule has 0 N–H and O–H groups in total. The van der Waals surface area contributed by atoms with Crippen LogP contribution in [0, 0.1) is 0 Å². The zero-order chi connectivity index (χ0) is 31.9. The molecule has 9 rings (SSSR count). The summed E-state index contributed by atoms with van der Waals surface area (Å²) >= 11 is 0. The van der Waals surface area contributed by atoms with Crippen molar-refractivity contribution in [2.45, 2.75) is 38.5 Å². The zero-order valence-electron chi connectivity index (χ0n) is 27.4. The summed E-state index contributed by atoms with van der Waals surface area (Å²) in [5.41, 5.74) is 16.8. The number of benzene rings is 7. The second kappa shape index (κ2) is 10.0. The first-order valence-corrected chi connectivity index (χ1v) is 16.7. The molecule has 1 heteroatoms. The monoisotopic (exact) mass is 603 g/mol. The second-order valence-electron chi connectivity index (χ2n) is 14.2. The number of fused-ring (bicyclic) bond motifs is 8. The van der Waals surface area contributed by atoms with Gasteiger partial charge >= 0.3 is 0 Å². The summed E-state index contributed by atoms with van der Waals surface area (Å²) in [4.78, 5) is 2.43. The van der Waals surface area contributed by atoms with Crippen molar-refractivity contribution in [2.24, 2.45) is 0 Å². The van der Waals surface area contributed by atoms with Gasteiger partial charge in [0.15, 0.2) is 0 Å². The molecule has 0 unspecified atom stereocenters. The van der Waals surface area contributed by atoms with E-state index in [9.17, 15) is 0 Å². The van der Waals surface area contributed by atoms with E-state index in [0.29, 0.717) is 0 Å². The van der Waals surface area contributed by atoms with Crippen LogP contribution in [-0.2, 0) is 10.8 Å². The first kappa shape index (κ1) is 27.9. The number of anilines is 3. The maximum Gasteiger partial charge on any atom is 0.0468 e. The van der Waals surface area contributed by atoms with Crippen molar-refractivity contribution >= 4 is 27.8 Å². The third-order valence-electron chi connectivity index (χ3n) is 10.8. The molecule has 2 aliphatic carbocycles. The summed E-state index contributed by atoms with van der Waals surface area (Å²) in [6.45, 7) is 9.50. The van der Waals surface area contributed by atoms with E-state index in [1.807, 2.05) is 0 Å². The van der Waals surface area contributed by atoms with E-state index in [2.05, 4.69) is 184 Å². The highest BCUT2D eigenvalue weighted by molar-refractivity contribution is 6.06. The fourth-order valence-corrected chi connectivity index (χ4v) is 8.55. The molecule has 0 aliphatic heterocycles. The van der Waals surface area contributed by atoms with E-state index in [1.165, 1.54) is 77.8 Å². The Bertz CT molecular complexity index is 2340. The van der Waals surface area contributed by atoms with Gasteiger partial charge in [-0.25, -0.2) is 0 Å². The van der Waals surface area contributed by atoms with Crippen molar-refractivity contribution < 1.29 is 0 Å². The number of rotatable bonds is 4. The van der Waals surface area contributed by atoms with E-state index < -0.39 is 0 Å². The lowest BCUT2D eigenvalue weighted by Gasteiger charge is -2.29. The first-order valence-electron chi connectivity index (χ1n) is 16.7. The maximum atomic E-state index is 2.45. The summed E-state index contributed by atoms with van der Waals surface area (Å²) in [6.07, 6.45) is 0. The summed E-state index contributed by atoms with van der Waals surface area (Å²) in [7, 11) is 0. The summed E-state index contributed by atoms with van der Waals surface area (Å²) < 4.78 is 0. The lowest BCUT2D eigenvalue weighted by molar-refractivity contribution is 0.660. The second-order valence-corrected chi connectivity index (χ2v) is 14.2. The van der Waals surface area contributed by atoms with Gasteiger partial charge in [0.2, 0.25) is 0 Å². The van der Waals surface area contributed by atoms with Crippen LogP contribution in [0.5, 0.6) is 0 Å². The zero-order valence-corrected chi connectivity index (χ0v) is 27.4. The average molecular weight is 604 g/mol. The molecule has 0 bridgehead atoms. The highest BCUT2D eigenvalue weighted by Crippen LogP contribution is 2.55. The highest BCUT2D eigenvalue weighted by Gasteiger charge is 2.39. The van der Waals surface area contributed by atoms with Crippen LogP contribution in [0.2, 0.25) is 0 Å². The standard InChI is InChI=1S/C46H37N/c1-45(2)41-22-14-13-20-35(41)36-25-23-33(28-43(36)45)47(31-17-9-6-10-18-31)32-24-26-42-39(27-32)40-29-38(30-15-7-5-8-16-30)34-19-11-12-21-37(34)44(40)46(42,3)4/h5-29H,1-4H3. The van der Waals surface area contributed by atoms with Gasteiger partial charge in [0.1, 0.15) is 0 Å². The molecule has 2 aliphatic rings. The lowest BCUT2D eigenvalue weighted by atomic mass is 9.79. The number of hydrogen-bond donors (Lipinski definition) is 0. The van der Waals surface area contributed by atoms with Gasteiger partial charge in [0, 0.05) is 27.9 Å². The minimum atomic E-state index is -0.126. The molecular formula is C46H37N. The van der Waals surface area contributed by atoms with E-state index >= 15 is 0 Å². The lowest BCUT2D eigenvalue weighted by Crippen LogP contribution is -2.17. The molecule has 0 saturated carbocycles. The third-order valence-corrected chi connectivity index (χ3v) is 10.8. The first-order chi connectivity index (χ1) is 22.8. The van der Waals surface area contributed by atoms with Gasteiger partial charge in [-0.2, -0.15) is 0 Å². The van der Waals surface area contributed by atoms with Crippen molar-refractivity contribution in [2.75, 3.05) is 4.90 Å². The Kier molecular flexibility index (Phi) is 5.96. The molecule has 0 radical (unpaired) electrons. The molecule has 226 valence electrons. The van der Waals surface area contributed by atoms with Crippen molar-refractivity contribution in [1.82, 2.24) is 0 Å². The quantitative estimate of drug-likeness (QED) is 0.193. The Morgan fingerprint density at radius 3 is 1.74 bits per heavy atom. The fourth-order valence-electron chi connectivity index (χ4n) is 8.55. The summed E-state index contributed by atoms with van der Waals surface area (Å²) in [5.74, 6) is 0. The topological polar surface area (TPSA) is 3.24 Å². The van der Waals surface area contributed by atoms with Gasteiger partial charge in [-0.15, -0.1) is 0 Å². The van der Waals surface area contributed by atoms with E-state index in [-0.39, 0.29) is 10.8 Å². The Hall–Kier alpha value is -5.40. The molecular weight excluding hydrogens is 567 g/mol. The molecule has 0 amide bonds. The fraction of sp³-hybridized carbons (Fsp3) is 0.130. The Balaban J connectivity index is 1.26. The minimum absolute atomic E-state index is 0.0694. The largest absolute Gasteiger partial charge is 0.310 e. The van der Waals surface area contributed by atoms with Crippen LogP contribution in [0.15, 0.2) is 152 Å². The van der Waals surface area contributed by atoms with Crippen molar-refractivity contribution in [3.63, 3.8) is 0 Å². The molecule has 0 fully saturated rings. The molecule has 0 aromatic heterocycles. The van der Waals surface area contributed by atoms with Crippen molar-refractivity contribution in [1.29, 1.82) is 0 Å². The Morgan fingerprint density at radius 1 is 0.362 bits per heavy atom. The molecule has 0 atom stereocenters. The van der Waals surface area contributed by atoms with Gasteiger partial charge in [0.05, 0.1) is 0 Å². The number of nitrogens with zero attached hydrogens (tertiary/aromatic N) is 1. The van der Waals surface area contributed by atoms with Crippen LogP contribution in [0.3, 0.4) is 0 Å². The summed E-state index contributed by atoms with van der Waals surface area (Å²) in [5, 5.41) is 2.65. The molecule has 0 heterocycles. The highest BCUT2D eigenvalue weighted by atomic mass is 15.1. The minimum Gasteiger partial charge on any atom is -0.310 e. The average Bonchev–Trinajstić information content (AvgIpc) is 3.48. The molecule has 7 aromatic carbocycles. The van der Waals surface area contributed by atoms with Crippen LogP contribution in [0.1, 0.15) is 49.9 Å². The van der Waals surface area contributed by atoms with E-state index in [1.54, 1.807) is 0 Å². The Labute approximate surface area is 277 Å². The number of para-hydroxylation sites is 1. The van der Waals surface area contributed by atoms with Crippen molar-refractivity contribution in [3.05, 3.63) is 174 Å². The van der Waals surface area contributed by atoms with Gasteiger partial charge in [-0.05, 0) is 109 Å². The van der Waals surface area contributed by atoms with Gasteiger partial charge in [-0.3, -0.25) is 0 Å². The maximum absolute atomic E-state index is 2.45. The predicted octanol–water partition coefficient (Wildman–Crippen LogP) is 12.6. The van der Waals surface area contributed by atoms with Gasteiger partial charge < -0.3 is 4.90 Å². The Morgan fingerprint density at radius 2 is 0.957 bits per heavy atom. The van der Waals surface area contributed by atoms with Crippen LogP contribution in [0.4, 0.5) is 17.1 Å². The van der Waals surface area contributed by atoms with Crippen LogP contribution in [-0.4, -0.2) is 0 Å². The number of hydrogen-bond acceptors (Lipinski definition) is 1. The van der Waals surface area contributed by atoms with E-state index in [0.717, 1.165) is 5.69 Å². The smallest absolute Gasteiger partial charge is 0.0468 e. The predicted molar refractivity (Wildman–Crippen MR) is 199 cm³/mol. The van der Waals surface area contributed by atoms with Gasteiger partial charge in [-0.1, -0.05) is 137 Å². The summed E-state index contributed by atoms with van der Waals surface area (Å²) in [6, 6.07) is 56.2. The molecule has 7 aromatic rings. The SMILES string of the molecule is CC1(C)c2ccccc2-c2ccc(N(c3ccccc3)c3ccc4c(c3)-c3cc(-c5ccccc5)c5ccccc5c3C4(C)C)cc21. The van der Waals surface area contributed by atoms with E-state index in [4.69, 9.17) is 0 Å². The third kappa shape index (κ3) is 4.02.